The molecule has 0 aromatic heterocycles. The van der Waals surface area contributed by atoms with Crippen molar-refractivity contribution in [2.75, 3.05) is 7.11 Å². The number of rotatable bonds is 13. The Labute approximate surface area is 195 Å². The zero-order valence-corrected chi connectivity index (χ0v) is 19.4. The van der Waals surface area contributed by atoms with E-state index in [0.717, 1.165) is 25.7 Å². The van der Waals surface area contributed by atoms with Crippen molar-refractivity contribution in [1.82, 2.24) is 0 Å². The largest absolute Gasteiger partial charge is 0.504 e. The summed E-state index contributed by atoms with van der Waals surface area (Å²) in [6, 6.07) is 9.61. The average Bonchev–Trinajstić information content (AvgIpc) is 2.79. The molecule has 0 radical (unpaired) electrons. The third-order valence-corrected chi connectivity index (χ3v) is 4.97. The fraction of sp³-hybridized carbons (Fsp3) is 0.333. The highest BCUT2D eigenvalue weighted by atomic mass is 16.5. The topological polar surface area (TPSA) is 93.1 Å². The van der Waals surface area contributed by atoms with Gasteiger partial charge >= 0.3 is 0 Å². The van der Waals surface area contributed by atoms with E-state index in [9.17, 15) is 19.8 Å². The monoisotopic (exact) mass is 452 g/mol. The van der Waals surface area contributed by atoms with Gasteiger partial charge in [-0.3, -0.25) is 9.59 Å². The van der Waals surface area contributed by atoms with Crippen molar-refractivity contribution in [1.29, 1.82) is 0 Å². The molecule has 0 amide bonds. The number of phenols is 2. The summed E-state index contributed by atoms with van der Waals surface area (Å²) in [6.45, 7) is 4.18. The first-order valence-electron chi connectivity index (χ1n) is 11.1. The van der Waals surface area contributed by atoms with Crippen molar-refractivity contribution in [3.63, 3.8) is 0 Å². The Balaban J connectivity index is 1.98. The number of ketones is 2. The summed E-state index contributed by atoms with van der Waals surface area (Å²) in [5.74, 6) is 0.0836. The van der Waals surface area contributed by atoms with E-state index in [2.05, 4.69) is 13.8 Å². The average molecular weight is 453 g/mol. The highest BCUT2D eigenvalue weighted by Crippen LogP contribution is 2.30. The van der Waals surface area contributed by atoms with Crippen LogP contribution in [-0.2, 0) is 9.59 Å². The van der Waals surface area contributed by atoms with Crippen molar-refractivity contribution in [2.45, 2.75) is 52.1 Å². The van der Waals surface area contributed by atoms with Gasteiger partial charge < -0.3 is 19.7 Å². The van der Waals surface area contributed by atoms with E-state index in [4.69, 9.17) is 9.47 Å². The van der Waals surface area contributed by atoms with Gasteiger partial charge in [-0.1, -0.05) is 51.0 Å². The second kappa shape index (κ2) is 13.1. The van der Waals surface area contributed by atoms with Gasteiger partial charge in [-0.05, 0) is 60.4 Å². The van der Waals surface area contributed by atoms with Gasteiger partial charge in [0, 0.05) is 0 Å². The Morgan fingerprint density at radius 3 is 1.82 bits per heavy atom. The summed E-state index contributed by atoms with van der Waals surface area (Å²) in [6.07, 6.45) is 9.39. The molecular weight excluding hydrogens is 420 g/mol. The van der Waals surface area contributed by atoms with Crippen molar-refractivity contribution in [3.05, 3.63) is 59.7 Å². The molecule has 0 bridgehead atoms. The number of carbonyl (C=O) groups is 2. The number of allylic oxidation sites excluding steroid dienone is 2. The van der Waals surface area contributed by atoms with E-state index in [1.165, 1.54) is 31.4 Å². The lowest BCUT2D eigenvalue weighted by Crippen LogP contribution is -2.15. The summed E-state index contributed by atoms with van der Waals surface area (Å²) < 4.78 is 11.0. The summed E-state index contributed by atoms with van der Waals surface area (Å²) in [5, 5.41) is 19.7. The van der Waals surface area contributed by atoms with Crippen LogP contribution < -0.4 is 9.47 Å². The van der Waals surface area contributed by atoms with Crippen molar-refractivity contribution in [2.24, 2.45) is 0 Å². The van der Waals surface area contributed by atoms with Gasteiger partial charge in [0.05, 0.1) is 19.6 Å². The minimum absolute atomic E-state index is 0.00956. The fourth-order valence-electron chi connectivity index (χ4n) is 3.28. The number of aromatic hydroxyl groups is 2. The van der Waals surface area contributed by atoms with Crippen molar-refractivity contribution >= 4 is 23.7 Å². The van der Waals surface area contributed by atoms with Crippen LogP contribution >= 0.6 is 0 Å². The second-order valence-corrected chi connectivity index (χ2v) is 7.75. The van der Waals surface area contributed by atoms with E-state index in [0.29, 0.717) is 22.6 Å². The molecule has 0 spiro atoms. The molecule has 6 heteroatoms. The lowest BCUT2D eigenvalue weighted by atomic mass is 10.1. The Morgan fingerprint density at radius 1 is 0.848 bits per heavy atom. The minimum atomic E-state index is -0.339. The predicted octanol–water partition coefficient (Wildman–Crippen LogP) is 5.71. The summed E-state index contributed by atoms with van der Waals surface area (Å²) >= 11 is 0. The predicted molar refractivity (Wildman–Crippen MR) is 130 cm³/mol. The zero-order valence-electron chi connectivity index (χ0n) is 19.4. The molecule has 6 nitrogen and oxygen atoms in total. The maximum atomic E-state index is 12.2. The summed E-state index contributed by atoms with van der Waals surface area (Å²) in [5.41, 5.74) is 1.36. The number of hydrogen-bond donors (Lipinski definition) is 2. The third kappa shape index (κ3) is 8.48. The first-order chi connectivity index (χ1) is 15.9. The van der Waals surface area contributed by atoms with Crippen LogP contribution in [0.15, 0.2) is 48.6 Å². The summed E-state index contributed by atoms with van der Waals surface area (Å²) in [4.78, 5) is 24.3. The van der Waals surface area contributed by atoms with Gasteiger partial charge in [0.1, 0.15) is 0 Å². The van der Waals surface area contributed by atoms with Gasteiger partial charge in [-0.2, -0.15) is 0 Å². The normalized spacial score (nSPS) is 11.4. The summed E-state index contributed by atoms with van der Waals surface area (Å²) in [7, 11) is 1.44. The van der Waals surface area contributed by atoms with Crippen LogP contribution in [-0.4, -0.2) is 35.0 Å². The third-order valence-electron chi connectivity index (χ3n) is 4.97. The molecular formula is C27H32O6. The molecule has 0 atom stereocenters. The molecule has 33 heavy (non-hydrogen) atoms. The maximum absolute atomic E-state index is 12.2. The van der Waals surface area contributed by atoms with Gasteiger partial charge in [0.15, 0.2) is 34.6 Å². The molecule has 0 fully saturated rings. The lowest BCUT2D eigenvalue weighted by molar-refractivity contribution is -0.121. The number of phenolic OH excluding ortho intramolecular Hbond substituents is 2. The second-order valence-electron chi connectivity index (χ2n) is 7.75. The first-order valence-corrected chi connectivity index (χ1v) is 11.1. The van der Waals surface area contributed by atoms with Crippen LogP contribution in [0.1, 0.15) is 57.1 Å². The molecule has 0 aliphatic carbocycles. The van der Waals surface area contributed by atoms with E-state index in [-0.39, 0.29) is 35.6 Å². The van der Waals surface area contributed by atoms with Gasteiger partial charge in [-0.15, -0.1) is 0 Å². The Morgan fingerprint density at radius 2 is 1.33 bits per heavy atom. The molecule has 0 unspecified atom stereocenters. The molecule has 0 saturated carbocycles. The fourth-order valence-corrected chi connectivity index (χ4v) is 3.28. The quantitative estimate of drug-likeness (QED) is 0.299. The Hall–Kier alpha value is -3.54. The van der Waals surface area contributed by atoms with Crippen molar-refractivity contribution in [3.8, 4) is 23.0 Å². The first kappa shape index (κ1) is 25.7. The molecule has 0 heterocycles. The smallest absolute Gasteiger partial charge is 0.163 e. The molecule has 2 aromatic carbocycles. The van der Waals surface area contributed by atoms with E-state index < -0.39 is 0 Å². The van der Waals surface area contributed by atoms with Crippen LogP contribution in [0.4, 0.5) is 0 Å². The minimum Gasteiger partial charge on any atom is -0.504 e. The maximum Gasteiger partial charge on any atom is 0.163 e. The highest BCUT2D eigenvalue weighted by Gasteiger charge is 2.12. The number of hydrogen-bond acceptors (Lipinski definition) is 6. The molecule has 0 saturated heterocycles. The molecule has 2 N–H and O–H groups in total. The molecule has 2 rings (SSSR count). The van der Waals surface area contributed by atoms with Gasteiger partial charge in [0.25, 0.3) is 0 Å². The van der Waals surface area contributed by atoms with E-state index in [1.807, 2.05) is 0 Å². The van der Waals surface area contributed by atoms with E-state index in [1.54, 1.807) is 36.4 Å². The zero-order chi connectivity index (χ0) is 24.2. The van der Waals surface area contributed by atoms with E-state index >= 15 is 0 Å². The van der Waals surface area contributed by atoms with Gasteiger partial charge in [0.2, 0.25) is 0 Å². The molecule has 0 aliphatic rings. The standard InChI is InChI=1S/C27H32O6/c1-4-6-23(7-5-2)33-27-17-20(11-15-25(27)31)9-13-22(29)18-21(28)12-8-19-10-14-24(30)26(16-19)32-3/h8-17,23,30-31H,4-7,18H2,1-3H3/b12-8+,13-9+. The highest BCUT2D eigenvalue weighted by molar-refractivity contribution is 6.10. The number of carbonyl (C=O) groups excluding carboxylic acids is 2. The number of benzene rings is 2. The van der Waals surface area contributed by atoms with Crippen molar-refractivity contribution < 1.29 is 29.3 Å². The SMILES string of the molecule is CCCC(CCC)Oc1cc(/C=C/C(=O)CC(=O)/C=C/c2ccc(O)c(OC)c2)ccc1O. The lowest BCUT2D eigenvalue weighted by Gasteiger charge is -2.19. The number of methoxy groups -OCH3 is 1. The molecule has 2 aromatic rings. The number of ether oxygens (including phenoxy) is 2. The molecule has 176 valence electrons. The van der Waals surface area contributed by atoms with Gasteiger partial charge in [-0.25, -0.2) is 0 Å². The molecule has 0 aliphatic heterocycles. The Bertz CT molecular complexity index is 1000. The van der Waals surface area contributed by atoms with Crippen LogP contribution in [0.5, 0.6) is 23.0 Å². The van der Waals surface area contributed by atoms with Crippen LogP contribution in [0.3, 0.4) is 0 Å². The van der Waals surface area contributed by atoms with Crippen LogP contribution in [0, 0.1) is 0 Å². The van der Waals surface area contributed by atoms with Crippen LogP contribution in [0.2, 0.25) is 0 Å². The van der Waals surface area contributed by atoms with Crippen LogP contribution in [0.25, 0.3) is 12.2 Å². The Kier molecular flexibility index (Phi) is 10.2.